The van der Waals surface area contributed by atoms with E-state index in [4.69, 9.17) is 27.9 Å². The van der Waals surface area contributed by atoms with Crippen molar-refractivity contribution in [2.45, 2.75) is 62.1 Å². The Kier molecular flexibility index (Phi) is 9.28. The van der Waals surface area contributed by atoms with Crippen molar-refractivity contribution in [2.24, 2.45) is 0 Å². The van der Waals surface area contributed by atoms with Crippen molar-refractivity contribution in [3.8, 4) is 0 Å². The maximum absolute atomic E-state index is 15.1. The quantitative estimate of drug-likeness (QED) is 0.206. The van der Waals surface area contributed by atoms with Crippen LogP contribution >= 0.6 is 23.2 Å². The SMILES string of the molecule is C=CCC1O[C@H](c2cccc(Cl)c2)[C@@H](c2ccc(Cl)cc2)N(C(CC)CN(c2ccccc2F)S(=O)(=O)C2CC2)C1=O. The molecule has 2 aliphatic rings. The zero-order valence-electron chi connectivity index (χ0n) is 23.2. The van der Waals surface area contributed by atoms with Gasteiger partial charge in [-0.3, -0.25) is 9.10 Å². The van der Waals surface area contributed by atoms with Gasteiger partial charge < -0.3 is 9.64 Å². The van der Waals surface area contributed by atoms with Gasteiger partial charge >= 0.3 is 0 Å². The maximum atomic E-state index is 15.1. The van der Waals surface area contributed by atoms with Crippen LogP contribution in [-0.2, 0) is 19.6 Å². The van der Waals surface area contributed by atoms with Crippen LogP contribution in [0.3, 0.4) is 0 Å². The summed E-state index contributed by atoms with van der Waals surface area (Å²) in [5.74, 6) is -0.933. The summed E-state index contributed by atoms with van der Waals surface area (Å²) in [5.41, 5.74) is 1.50. The Labute approximate surface area is 256 Å². The molecule has 10 heteroatoms. The van der Waals surface area contributed by atoms with Gasteiger partial charge in [0, 0.05) is 16.5 Å². The number of sulfonamides is 1. The first-order valence-corrected chi connectivity index (χ1v) is 16.3. The molecule has 0 spiro atoms. The van der Waals surface area contributed by atoms with Gasteiger partial charge in [-0.15, -0.1) is 6.58 Å². The number of morpholine rings is 1. The van der Waals surface area contributed by atoms with Crippen molar-refractivity contribution in [1.29, 1.82) is 0 Å². The molecular weight excluding hydrogens is 598 g/mol. The van der Waals surface area contributed by atoms with E-state index in [2.05, 4.69) is 6.58 Å². The van der Waals surface area contributed by atoms with Crippen molar-refractivity contribution in [1.82, 2.24) is 4.90 Å². The monoisotopic (exact) mass is 630 g/mol. The topological polar surface area (TPSA) is 66.9 Å². The summed E-state index contributed by atoms with van der Waals surface area (Å²) in [5, 5.41) is 0.475. The number of halogens is 3. The molecule has 42 heavy (non-hydrogen) atoms. The first-order chi connectivity index (χ1) is 20.1. The van der Waals surface area contributed by atoms with E-state index in [1.165, 1.54) is 18.2 Å². The second-order valence-electron chi connectivity index (χ2n) is 10.7. The second-order valence-corrected chi connectivity index (χ2v) is 13.7. The van der Waals surface area contributed by atoms with E-state index >= 15 is 4.39 Å². The Morgan fingerprint density at radius 3 is 2.38 bits per heavy atom. The van der Waals surface area contributed by atoms with Gasteiger partial charge in [0.2, 0.25) is 10.0 Å². The van der Waals surface area contributed by atoms with Crippen molar-refractivity contribution in [2.75, 3.05) is 10.8 Å². The van der Waals surface area contributed by atoms with Gasteiger partial charge in [0.25, 0.3) is 5.91 Å². The molecule has 6 nitrogen and oxygen atoms in total. The zero-order chi connectivity index (χ0) is 30.0. The zero-order valence-corrected chi connectivity index (χ0v) is 25.5. The van der Waals surface area contributed by atoms with Crippen LogP contribution in [0.25, 0.3) is 0 Å². The van der Waals surface area contributed by atoms with Crippen molar-refractivity contribution < 1.29 is 22.3 Å². The molecule has 2 unspecified atom stereocenters. The summed E-state index contributed by atoms with van der Waals surface area (Å²) < 4.78 is 50.2. The second kappa shape index (κ2) is 12.8. The number of anilines is 1. The number of benzene rings is 3. The normalized spacial score (nSPS) is 21.7. The number of ether oxygens (including phenoxy) is 1. The number of carbonyl (C=O) groups is 1. The first kappa shape index (κ1) is 30.5. The molecule has 2 fully saturated rings. The van der Waals surface area contributed by atoms with E-state index in [0.717, 1.165) is 15.4 Å². The van der Waals surface area contributed by atoms with Crippen molar-refractivity contribution in [3.63, 3.8) is 0 Å². The molecule has 4 atom stereocenters. The minimum atomic E-state index is -3.87. The van der Waals surface area contributed by atoms with E-state index in [1.54, 1.807) is 41.3 Å². The van der Waals surface area contributed by atoms with Gasteiger partial charge in [0.05, 0.1) is 29.6 Å². The average molecular weight is 632 g/mol. The lowest BCUT2D eigenvalue weighted by molar-refractivity contribution is -0.178. The highest BCUT2D eigenvalue weighted by Crippen LogP contribution is 2.45. The molecule has 0 N–H and O–H groups in total. The fourth-order valence-corrected chi connectivity index (χ4v) is 7.78. The average Bonchev–Trinajstić information content (AvgIpc) is 3.83. The summed E-state index contributed by atoms with van der Waals surface area (Å²) in [6, 6.07) is 19.0. The molecule has 0 radical (unpaired) electrons. The standard InChI is InChI=1S/C32H33Cl2FN2O4S/c1-3-8-29-32(38)37(25(4-2)20-36(42(39,40)26-17-18-26)28-12-6-5-11-27(28)35)30(21-13-15-23(33)16-14-21)31(41-29)22-9-7-10-24(34)19-22/h3,5-7,9-16,19,25-26,29-31H,1,4,8,17-18,20H2,2H3/t25?,29?,30-,31-/m1/s1. The van der Waals surface area contributed by atoms with E-state index in [9.17, 15) is 13.2 Å². The molecule has 1 heterocycles. The van der Waals surface area contributed by atoms with Gasteiger partial charge in [-0.05, 0) is 66.8 Å². The Hall–Kier alpha value is -2.91. The number of para-hydroxylation sites is 1. The predicted octanol–water partition coefficient (Wildman–Crippen LogP) is 7.50. The highest BCUT2D eigenvalue weighted by atomic mass is 35.5. The summed E-state index contributed by atoms with van der Waals surface area (Å²) >= 11 is 12.6. The predicted molar refractivity (Wildman–Crippen MR) is 165 cm³/mol. The van der Waals surface area contributed by atoms with Crippen LogP contribution in [-0.4, -0.2) is 43.2 Å². The molecule has 5 rings (SSSR count). The van der Waals surface area contributed by atoms with E-state index in [0.29, 0.717) is 29.3 Å². The Morgan fingerprint density at radius 1 is 1.05 bits per heavy atom. The van der Waals surface area contributed by atoms with Crippen LogP contribution in [0.1, 0.15) is 55.9 Å². The van der Waals surface area contributed by atoms with Crippen LogP contribution < -0.4 is 4.31 Å². The van der Waals surface area contributed by atoms with Crippen LogP contribution in [0, 0.1) is 5.82 Å². The number of nitrogens with zero attached hydrogens (tertiary/aromatic N) is 2. The van der Waals surface area contributed by atoms with Crippen LogP contribution in [0.4, 0.5) is 10.1 Å². The number of hydrogen-bond donors (Lipinski definition) is 0. The van der Waals surface area contributed by atoms with Gasteiger partial charge in [0.15, 0.2) is 0 Å². The third-order valence-electron chi connectivity index (χ3n) is 7.81. The Morgan fingerprint density at radius 2 is 1.76 bits per heavy atom. The Bertz CT molecular complexity index is 1550. The molecule has 1 saturated heterocycles. The fraction of sp³-hybridized carbons (Fsp3) is 0.344. The molecule has 3 aromatic carbocycles. The molecule has 1 amide bonds. The molecule has 1 saturated carbocycles. The highest BCUT2D eigenvalue weighted by molar-refractivity contribution is 7.93. The molecule has 222 valence electrons. The number of hydrogen-bond acceptors (Lipinski definition) is 4. The summed E-state index contributed by atoms with van der Waals surface area (Å²) in [6.07, 6.45) is 1.84. The number of amides is 1. The molecule has 1 aliphatic carbocycles. The lowest BCUT2D eigenvalue weighted by Crippen LogP contribution is -2.57. The molecule has 0 bridgehead atoms. The molecule has 3 aromatic rings. The molecule has 0 aromatic heterocycles. The van der Waals surface area contributed by atoms with E-state index < -0.39 is 45.4 Å². The third kappa shape index (κ3) is 6.23. The minimum Gasteiger partial charge on any atom is -0.358 e. The van der Waals surface area contributed by atoms with Crippen LogP contribution in [0.2, 0.25) is 10.0 Å². The summed E-state index contributed by atoms with van der Waals surface area (Å²) in [6.45, 7) is 5.60. The first-order valence-electron chi connectivity index (χ1n) is 14.0. The number of rotatable bonds is 11. The van der Waals surface area contributed by atoms with Gasteiger partial charge in [0.1, 0.15) is 18.0 Å². The summed E-state index contributed by atoms with van der Waals surface area (Å²) in [4.78, 5) is 16.0. The van der Waals surface area contributed by atoms with Crippen molar-refractivity contribution >= 4 is 44.8 Å². The fourth-order valence-electron chi connectivity index (χ4n) is 5.56. The minimum absolute atomic E-state index is 0.0272. The summed E-state index contributed by atoms with van der Waals surface area (Å²) in [7, 11) is -3.87. The van der Waals surface area contributed by atoms with E-state index in [-0.39, 0.29) is 24.6 Å². The van der Waals surface area contributed by atoms with Crippen LogP contribution in [0.5, 0.6) is 0 Å². The highest BCUT2D eigenvalue weighted by Gasteiger charge is 2.48. The largest absolute Gasteiger partial charge is 0.358 e. The molecular formula is C32H33Cl2FN2O4S. The lowest BCUT2D eigenvalue weighted by Gasteiger charge is -2.49. The van der Waals surface area contributed by atoms with Crippen molar-refractivity contribution in [3.05, 3.63) is 112 Å². The third-order valence-corrected chi connectivity index (χ3v) is 10.6. The smallest absolute Gasteiger partial charge is 0.252 e. The van der Waals surface area contributed by atoms with Gasteiger partial charge in [-0.2, -0.15) is 0 Å². The Balaban J connectivity index is 1.65. The van der Waals surface area contributed by atoms with Crippen LogP contribution in [0.15, 0.2) is 85.5 Å². The van der Waals surface area contributed by atoms with Gasteiger partial charge in [-0.25, -0.2) is 12.8 Å². The maximum Gasteiger partial charge on any atom is 0.252 e. The lowest BCUT2D eigenvalue weighted by atomic mass is 9.89. The molecule has 1 aliphatic heterocycles. The van der Waals surface area contributed by atoms with E-state index in [1.807, 2.05) is 31.2 Å². The number of carbonyl (C=O) groups excluding carboxylic acids is 1. The van der Waals surface area contributed by atoms with Gasteiger partial charge in [-0.1, -0.05) is 72.6 Å².